The topological polar surface area (TPSA) is 62.4 Å². The molecule has 0 bridgehead atoms. The summed E-state index contributed by atoms with van der Waals surface area (Å²) in [5.41, 5.74) is 9.76. The molecule has 7 aromatic carbocycles. The minimum Gasteiger partial charge on any atom is -0.309 e. The van der Waals surface area contributed by atoms with Gasteiger partial charge in [0.05, 0.1) is 61.7 Å². The van der Waals surface area contributed by atoms with Crippen LogP contribution in [0.3, 0.4) is 0 Å². The van der Waals surface area contributed by atoms with Crippen LogP contribution in [0.1, 0.15) is 11.1 Å². The Morgan fingerprint density at radius 2 is 0.816 bits per heavy atom. The van der Waals surface area contributed by atoms with E-state index in [4.69, 9.17) is 0 Å². The number of rotatable bonds is 3. The van der Waals surface area contributed by atoms with Gasteiger partial charge >= 0.3 is 0 Å². The molecular formula is C44H25N5. The van der Waals surface area contributed by atoms with E-state index in [2.05, 4.69) is 135 Å². The Balaban J connectivity index is 1.41. The predicted molar refractivity (Wildman–Crippen MR) is 199 cm³/mol. The Kier molecular flexibility index (Phi) is 5.64. The third-order valence-electron chi connectivity index (χ3n) is 9.86. The quantitative estimate of drug-likeness (QED) is 0.197. The second-order valence-corrected chi connectivity index (χ2v) is 12.4. The van der Waals surface area contributed by atoms with Crippen molar-refractivity contribution in [1.29, 1.82) is 10.5 Å². The molecule has 0 aliphatic rings. The fourth-order valence-corrected chi connectivity index (χ4v) is 7.88. The summed E-state index contributed by atoms with van der Waals surface area (Å²) >= 11 is 0. The highest BCUT2D eigenvalue weighted by atomic mass is 15.1. The molecule has 0 atom stereocenters. The van der Waals surface area contributed by atoms with Gasteiger partial charge in [-0.05, 0) is 60.7 Å². The SMILES string of the molecule is N#Cc1cc(C#N)c(-n2c3ccccc3c3ccccc32)c(-n2c3ccccc3c3cc4c(cc32)c2ccccc2n4-c2ccccc2)c1. The zero-order chi connectivity index (χ0) is 32.6. The van der Waals surface area contributed by atoms with Gasteiger partial charge in [0.2, 0.25) is 0 Å². The van der Waals surface area contributed by atoms with E-state index in [0.29, 0.717) is 11.1 Å². The summed E-state index contributed by atoms with van der Waals surface area (Å²) in [6.07, 6.45) is 0. The third-order valence-corrected chi connectivity index (χ3v) is 9.86. The number of aromatic nitrogens is 3. The van der Waals surface area contributed by atoms with Gasteiger partial charge in [0.15, 0.2) is 0 Å². The smallest absolute Gasteiger partial charge is 0.101 e. The molecule has 0 fully saturated rings. The third kappa shape index (κ3) is 3.73. The largest absolute Gasteiger partial charge is 0.309 e. The van der Waals surface area contributed by atoms with Crippen molar-refractivity contribution in [2.24, 2.45) is 0 Å². The van der Waals surface area contributed by atoms with E-state index in [0.717, 1.165) is 82.5 Å². The molecule has 0 aliphatic carbocycles. The summed E-state index contributed by atoms with van der Waals surface area (Å²) < 4.78 is 6.78. The number of nitriles is 2. The zero-order valence-electron chi connectivity index (χ0n) is 26.2. The average molecular weight is 624 g/mol. The maximum Gasteiger partial charge on any atom is 0.101 e. The first-order valence-corrected chi connectivity index (χ1v) is 16.2. The maximum absolute atomic E-state index is 10.7. The highest BCUT2D eigenvalue weighted by Gasteiger charge is 2.24. The minimum atomic E-state index is 0.434. The molecule has 5 nitrogen and oxygen atoms in total. The molecular weight excluding hydrogens is 599 g/mol. The summed E-state index contributed by atoms with van der Waals surface area (Å²) in [5, 5.41) is 27.7. The number of fused-ring (bicyclic) bond motifs is 9. The predicted octanol–water partition coefficient (Wildman–Crippen LogP) is 10.7. The van der Waals surface area contributed by atoms with Crippen LogP contribution in [-0.2, 0) is 0 Å². The summed E-state index contributed by atoms with van der Waals surface area (Å²) in [6, 6.07) is 57.1. The first-order valence-electron chi connectivity index (χ1n) is 16.2. The molecule has 0 aliphatic heterocycles. The van der Waals surface area contributed by atoms with Crippen LogP contribution in [-0.4, -0.2) is 13.7 Å². The van der Waals surface area contributed by atoms with Crippen molar-refractivity contribution in [2.45, 2.75) is 0 Å². The second-order valence-electron chi connectivity index (χ2n) is 12.4. The zero-order valence-corrected chi connectivity index (χ0v) is 26.2. The first-order chi connectivity index (χ1) is 24.2. The minimum absolute atomic E-state index is 0.434. The lowest BCUT2D eigenvalue weighted by atomic mass is 10.1. The molecule has 0 unspecified atom stereocenters. The first kappa shape index (κ1) is 27.1. The van der Waals surface area contributed by atoms with Crippen LogP contribution in [0.4, 0.5) is 0 Å². The molecule has 10 aromatic rings. The molecule has 0 saturated carbocycles. The molecule has 10 rings (SSSR count). The average Bonchev–Trinajstić information content (AvgIpc) is 3.79. The van der Waals surface area contributed by atoms with Crippen molar-refractivity contribution in [3.05, 3.63) is 163 Å². The van der Waals surface area contributed by atoms with Gasteiger partial charge < -0.3 is 13.7 Å². The fourth-order valence-electron chi connectivity index (χ4n) is 7.88. The molecule has 0 amide bonds. The van der Waals surface area contributed by atoms with E-state index in [-0.39, 0.29) is 0 Å². The summed E-state index contributed by atoms with van der Waals surface area (Å²) in [5.74, 6) is 0. The van der Waals surface area contributed by atoms with Crippen LogP contribution in [0.25, 0.3) is 82.5 Å². The van der Waals surface area contributed by atoms with Crippen LogP contribution < -0.4 is 0 Å². The normalized spacial score (nSPS) is 11.6. The lowest BCUT2D eigenvalue weighted by Crippen LogP contribution is -2.07. The van der Waals surface area contributed by atoms with Crippen molar-refractivity contribution in [3.63, 3.8) is 0 Å². The van der Waals surface area contributed by atoms with Crippen LogP contribution >= 0.6 is 0 Å². The van der Waals surface area contributed by atoms with Gasteiger partial charge in [-0.25, -0.2) is 0 Å². The van der Waals surface area contributed by atoms with E-state index in [9.17, 15) is 10.5 Å². The standard InChI is InChI=1S/C44H25N5/c45-26-28-22-29(27-46)44(49-39-20-10-4-14-31(39)32-15-5-11-21-40(32)49)43(23-28)48-38-19-9-7-17-34(38)36-24-41-35(25-42(36)48)33-16-6-8-18-37(33)47(41)30-12-2-1-3-13-30/h1-25H. The lowest BCUT2D eigenvalue weighted by molar-refractivity contribution is 1.09. The van der Waals surface area contributed by atoms with Crippen molar-refractivity contribution >= 4 is 65.4 Å². The van der Waals surface area contributed by atoms with Gasteiger partial charge in [-0.3, -0.25) is 0 Å². The van der Waals surface area contributed by atoms with Crippen molar-refractivity contribution in [2.75, 3.05) is 0 Å². The molecule has 5 heteroatoms. The molecule has 3 heterocycles. The van der Waals surface area contributed by atoms with E-state index in [1.807, 2.05) is 36.4 Å². The van der Waals surface area contributed by atoms with Crippen LogP contribution in [0.5, 0.6) is 0 Å². The lowest BCUT2D eigenvalue weighted by Gasteiger charge is -2.18. The summed E-state index contributed by atoms with van der Waals surface area (Å²) in [4.78, 5) is 0. The molecule has 49 heavy (non-hydrogen) atoms. The monoisotopic (exact) mass is 623 g/mol. The van der Waals surface area contributed by atoms with Gasteiger partial charge in [-0.2, -0.15) is 10.5 Å². The van der Waals surface area contributed by atoms with Crippen LogP contribution in [0.2, 0.25) is 0 Å². The Hall–Kier alpha value is -7.08. The number of benzene rings is 7. The highest BCUT2D eigenvalue weighted by Crippen LogP contribution is 2.42. The Bertz CT molecular complexity index is 3020. The molecule has 0 radical (unpaired) electrons. The number of para-hydroxylation sites is 5. The van der Waals surface area contributed by atoms with Crippen LogP contribution in [0.15, 0.2) is 152 Å². The molecule has 0 N–H and O–H groups in total. The van der Waals surface area contributed by atoms with E-state index in [1.165, 1.54) is 0 Å². The molecule has 226 valence electrons. The highest BCUT2D eigenvalue weighted by molar-refractivity contribution is 6.19. The van der Waals surface area contributed by atoms with Gasteiger partial charge in [-0.1, -0.05) is 91.0 Å². The van der Waals surface area contributed by atoms with Gasteiger partial charge in [0, 0.05) is 38.0 Å². The Morgan fingerprint density at radius 1 is 0.367 bits per heavy atom. The van der Waals surface area contributed by atoms with Crippen molar-refractivity contribution < 1.29 is 0 Å². The van der Waals surface area contributed by atoms with E-state index >= 15 is 0 Å². The number of nitrogens with zero attached hydrogens (tertiary/aromatic N) is 5. The number of hydrogen-bond acceptors (Lipinski definition) is 2. The van der Waals surface area contributed by atoms with E-state index < -0.39 is 0 Å². The molecule has 3 aromatic heterocycles. The number of hydrogen-bond donors (Lipinski definition) is 0. The maximum atomic E-state index is 10.7. The van der Waals surface area contributed by atoms with Crippen molar-refractivity contribution in [3.8, 4) is 29.2 Å². The van der Waals surface area contributed by atoms with E-state index in [1.54, 1.807) is 6.07 Å². The molecule has 0 saturated heterocycles. The Labute approximate surface area is 280 Å². The fraction of sp³-hybridized carbons (Fsp3) is 0. The van der Waals surface area contributed by atoms with Gasteiger partial charge in [0.1, 0.15) is 6.07 Å². The molecule has 0 spiro atoms. The summed E-state index contributed by atoms with van der Waals surface area (Å²) in [6.45, 7) is 0. The second kappa shape index (κ2) is 10.2. The van der Waals surface area contributed by atoms with Gasteiger partial charge in [0.25, 0.3) is 0 Å². The Morgan fingerprint density at radius 3 is 1.35 bits per heavy atom. The van der Waals surface area contributed by atoms with Gasteiger partial charge in [-0.15, -0.1) is 0 Å². The van der Waals surface area contributed by atoms with Crippen molar-refractivity contribution in [1.82, 2.24) is 13.7 Å². The van der Waals surface area contributed by atoms with Crippen LogP contribution in [0, 0.1) is 22.7 Å². The summed E-state index contributed by atoms with van der Waals surface area (Å²) in [7, 11) is 0.